The van der Waals surface area contributed by atoms with Crippen LogP contribution in [0.4, 0.5) is 0 Å². The van der Waals surface area contributed by atoms with Gasteiger partial charge in [0, 0.05) is 0 Å². The van der Waals surface area contributed by atoms with Gasteiger partial charge in [-0.25, -0.2) is 0 Å². The molecule has 0 saturated carbocycles. The topological polar surface area (TPSA) is 93.1 Å². The number of ether oxygens (including phenoxy) is 2. The Bertz CT molecular complexity index is 1610. The van der Waals surface area contributed by atoms with E-state index in [-0.39, 0.29) is 11.5 Å². The highest BCUT2D eigenvalue weighted by molar-refractivity contribution is 7.51. The zero-order valence-corrected chi connectivity index (χ0v) is 25.2. The van der Waals surface area contributed by atoms with Crippen LogP contribution in [0.1, 0.15) is 11.1 Å². The Balaban J connectivity index is 0.000000189. The van der Waals surface area contributed by atoms with E-state index in [1.807, 2.05) is 133 Å². The predicted octanol–water partition coefficient (Wildman–Crippen LogP) is 8.61. The third kappa shape index (κ3) is 10.8. The number of phenolic OH excluding ortho intramolecular Hbond substituents is 2. The molecule has 6 nitrogen and oxygen atoms in total. The summed E-state index contributed by atoms with van der Waals surface area (Å²) in [6, 6.07) is 50.5. The standard InChI is InChI=1S/2C19H16O2.O2S/c2*20-18-10-6-16(7-11-18)17-8-12-19(13-9-17)21-14-15-4-2-1-3-5-15;1-3-2/h2*1-13,20H,14H2;. The number of rotatable bonds is 8. The first-order chi connectivity index (χ1) is 22.0. The Labute approximate surface area is 266 Å². The fourth-order valence-corrected chi connectivity index (χ4v) is 4.28. The van der Waals surface area contributed by atoms with Crippen LogP contribution in [0, 0.1) is 0 Å². The van der Waals surface area contributed by atoms with Gasteiger partial charge in [-0.3, -0.25) is 0 Å². The van der Waals surface area contributed by atoms with Gasteiger partial charge in [-0.15, -0.1) is 0 Å². The highest BCUT2D eigenvalue weighted by atomic mass is 32.1. The van der Waals surface area contributed by atoms with Gasteiger partial charge in [-0.05, 0) is 81.9 Å². The number of phenols is 2. The molecule has 6 aromatic carbocycles. The van der Waals surface area contributed by atoms with Crippen molar-refractivity contribution < 1.29 is 28.1 Å². The van der Waals surface area contributed by atoms with Crippen molar-refractivity contribution in [3.63, 3.8) is 0 Å². The summed E-state index contributed by atoms with van der Waals surface area (Å²) in [7, 11) is 0. The van der Waals surface area contributed by atoms with Crippen LogP contribution >= 0.6 is 0 Å². The first kappa shape index (κ1) is 32.3. The largest absolute Gasteiger partial charge is 0.508 e. The van der Waals surface area contributed by atoms with Crippen LogP contribution in [0.15, 0.2) is 158 Å². The van der Waals surface area contributed by atoms with Crippen molar-refractivity contribution in [2.45, 2.75) is 13.2 Å². The third-order valence-corrected chi connectivity index (χ3v) is 6.61. The van der Waals surface area contributed by atoms with E-state index in [0.717, 1.165) is 44.9 Å². The predicted molar refractivity (Wildman–Crippen MR) is 178 cm³/mol. The van der Waals surface area contributed by atoms with Gasteiger partial charge in [0.1, 0.15) is 36.2 Å². The number of benzene rings is 6. The van der Waals surface area contributed by atoms with Gasteiger partial charge in [0.2, 0.25) is 0 Å². The summed E-state index contributed by atoms with van der Waals surface area (Å²) in [4.78, 5) is 0. The summed E-state index contributed by atoms with van der Waals surface area (Å²) >= 11 is -0.750. The average Bonchev–Trinajstić information content (AvgIpc) is 3.09. The molecule has 0 fully saturated rings. The summed E-state index contributed by atoms with van der Waals surface area (Å²) in [5.41, 5.74) is 6.65. The molecule has 0 aliphatic heterocycles. The smallest absolute Gasteiger partial charge is 0.335 e. The lowest BCUT2D eigenvalue weighted by molar-refractivity contribution is 0.306. The van der Waals surface area contributed by atoms with Gasteiger partial charge in [-0.1, -0.05) is 109 Å². The molecule has 0 saturated heterocycles. The maximum atomic E-state index is 9.31. The van der Waals surface area contributed by atoms with Crippen LogP contribution in [0.5, 0.6) is 23.0 Å². The van der Waals surface area contributed by atoms with Gasteiger partial charge < -0.3 is 19.7 Å². The van der Waals surface area contributed by atoms with Crippen LogP contribution < -0.4 is 9.47 Å². The third-order valence-electron chi connectivity index (χ3n) is 6.61. The van der Waals surface area contributed by atoms with E-state index < -0.39 is 11.6 Å². The van der Waals surface area contributed by atoms with Crippen molar-refractivity contribution >= 4 is 11.6 Å². The monoisotopic (exact) mass is 616 g/mol. The lowest BCUT2D eigenvalue weighted by Crippen LogP contribution is -1.94. The van der Waals surface area contributed by atoms with E-state index in [0.29, 0.717) is 13.2 Å². The summed E-state index contributed by atoms with van der Waals surface area (Å²) in [5.74, 6) is 2.26. The molecule has 7 heteroatoms. The summed E-state index contributed by atoms with van der Waals surface area (Å²) in [5, 5.41) is 18.6. The number of hydrogen-bond donors (Lipinski definition) is 2. The van der Waals surface area contributed by atoms with Crippen LogP contribution in [-0.2, 0) is 24.8 Å². The quantitative estimate of drug-likeness (QED) is 0.178. The second-order valence-corrected chi connectivity index (χ2v) is 9.90. The lowest BCUT2D eigenvalue weighted by Gasteiger charge is -2.07. The molecule has 6 rings (SSSR count). The van der Waals surface area contributed by atoms with Crippen LogP contribution in [-0.4, -0.2) is 18.6 Å². The number of hydrogen-bond acceptors (Lipinski definition) is 6. The van der Waals surface area contributed by atoms with Crippen LogP contribution in [0.25, 0.3) is 22.3 Å². The molecule has 0 radical (unpaired) electrons. The molecule has 0 aliphatic rings. The van der Waals surface area contributed by atoms with Crippen molar-refractivity contribution in [3.05, 3.63) is 169 Å². The molecule has 0 spiro atoms. The first-order valence-electron chi connectivity index (χ1n) is 14.1. The summed E-state index contributed by atoms with van der Waals surface area (Å²) in [6.45, 7) is 1.14. The maximum Gasteiger partial charge on any atom is 0.335 e. The summed E-state index contributed by atoms with van der Waals surface area (Å²) in [6.07, 6.45) is 0. The Morgan fingerprint density at radius 3 is 0.956 bits per heavy atom. The molecule has 0 aromatic heterocycles. The van der Waals surface area contributed by atoms with E-state index in [1.165, 1.54) is 0 Å². The zero-order chi connectivity index (χ0) is 31.7. The van der Waals surface area contributed by atoms with Gasteiger partial charge >= 0.3 is 11.6 Å². The van der Waals surface area contributed by atoms with Gasteiger partial charge in [-0.2, -0.15) is 8.42 Å². The molecule has 0 heterocycles. The normalized spacial score (nSPS) is 9.87. The minimum Gasteiger partial charge on any atom is -0.508 e. The molecule has 45 heavy (non-hydrogen) atoms. The molecule has 2 N–H and O–H groups in total. The Morgan fingerprint density at radius 1 is 0.400 bits per heavy atom. The van der Waals surface area contributed by atoms with E-state index in [9.17, 15) is 10.2 Å². The minimum absolute atomic E-state index is 0.279. The van der Waals surface area contributed by atoms with Crippen LogP contribution in [0.2, 0.25) is 0 Å². The second-order valence-electron chi connectivity index (χ2n) is 9.76. The zero-order valence-electron chi connectivity index (χ0n) is 24.4. The Hall–Kier alpha value is -5.66. The molecule has 0 bridgehead atoms. The highest BCUT2D eigenvalue weighted by Crippen LogP contribution is 2.26. The first-order valence-corrected chi connectivity index (χ1v) is 14.7. The molecule has 0 aliphatic carbocycles. The van der Waals surface area contributed by atoms with Crippen molar-refractivity contribution in [2.75, 3.05) is 0 Å². The minimum atomic E-state index is -0.750. The van der Waals surface area contributed by atoms with E-state index in [1.54, 1.807) is 24.3 Å². The van der Waals surface area contributed by atoms with Crippen LogP contribution in [0.3, 0.4) is 0 Å². The van der Waals surface area contributed by atoms with Crippen molar-refractivity contribution in [2.24, 2.45) is 0 Å². The molecule has 226 valence electrons. The lowest BCUT2D eigenvalue weighted by atomic mass is 10.1. The fourth-order valence-electron chi connectivity index (χ4n) is 4.28. The van der Waals surface area contributed by atoms with Gasteiger partial charge in [0.15, 0.2) is 0 Å². The molecule has 0 atom stereocenters. The molecule has 0 unspecified atom stereocenters. The van der Waals surface area contributed by atoms with Gasteiger partial charge in [0.25, 0.3) is 0 Å². The SMILES string of the molecule is O=S=O.Oc1ccc(-c2ccc(OCc3ccccc3)cc2)cc1.Oc1ccc(-c2ccc(OCc3ccccc3)cc2)cc1. The molecular formula is C38H32O6S. The maximum absolute atomic E-state index is 9.31. The summed E-state index contributed by atoms with van der Waals surface area (Å²) < 4.78 is 28.1. The van der Waals surface area contributed by atoms with E-state index in [4.69, 9.17) is 17.9 Å². The van der Waals surface area contributed by atoms with E-state index >= 15 is 0 Å². The molecule has 0 amide bonds. The Kier molecular flexibility index (Phi) is 12.5. The van der Waals surface area contributed by atoms with Crippen molar-refractivity contribution in [3.8, 4) is 45.3 Å². The fraction of sp³-hybridized carbons (Fsp3) is 0.0526. The Morgan fingerprint density at radius 2 is 0.667 bits per heavy atom. The highest BCUT2D eigenvalue weighted by Gasteiger charge is 2.01. The van der Waals surface area contributed by atoms with Gasteiger partial charge in [0.05, 0.1) is 0 Å². The van der Waals surface area contributed by atoms with Crippen molar-refractivity contribution in [1.82, 2.24) is 0 Å². The average molecular weight is 617 g/mol. The number of aromatic hydroxyl groups is 2. The molecule has 6 aromatic rings. The van der Waals surface area contributed by atoms with E-state index in [2.05, 4.69) is 0 Å². The molecular weight excluding hydrogens is 584 g/mol. The van der Waals surface area contributed by atoms with Crippen molar-refractivity contribution in [1.29, 1.82) is 0 Å². The second kappa shape index (κ2) is 17.5.